The molecule has 2 aliphatic heterocycles. The van der Waals surface area contributed by atoms with Gasteiger partial charge in [-0.3, -0.25) is 4.79 Å². The number of rotatable bonds is 4. The van der Waals surface area contributed by atoms with E-state index in [1.807, 2.05) is 4.90 Å². The molecule has 0 spiro atoms. The van der Waals surface area contributed by atoms with Gasteiger partial charge in [-0.15, -0.1) is 0 Å². The Hall–Kier alpha value is -0.650. The molecule has 1 unspecified atom stereocenters. The van der Waals surface area contributed by atoms with E-state index in [4.69, 9.17) is 4.74 Å². The number of carbonyl (C=O) groups is 1. The molecule has 2 N–H and O–H groups in total. The predicted octanol–water partition coefficient (Wildman–Crippen LogP) is -0.119. The number of ether oxygens (including phenoxy) is 1. The molecule has 5 heteroatoms. The Morgan fingerprint density at radius 3 is 2.72 bits per heavy atom. The summed E-state index contributed by atoms with van der Waals surface area (Å²) < 4.78 is 5.26. The second-order valence-corrected chi connectivity index (χ2v) is 5.88. The lowest BCUT2D eigenvalue weighted by Gasteiger charge is -2.35. The third-order valence-corrected chi connectivity index (χ3v) is 4.22. The minimum absolute atomic E-state index is 0.0130. The number of β-amino-alcohol motifs (C(OH)–C–C–N with tert-alkyl or cyclic N) is 1. The lowest BCUT2D eigenvalue weighted by molar-refractivity contribution is -0.136. The standard InChI is InChI=1S/C13H22N2O3/c16-12-11(14-10-1-2-10)3-6-15(12)9-13(17)4-7-18-8-5-13/h10-11,14,17H,1-9H2. The fourth-order valence-electron chi connectivity index (χ4n) is 2.85. The Balaban J connectivity index is 1.54. The number of nitrogens with zero attached hydrogens (tertiary/aromatic N) is 1. The molecule has 3 fully saturated rings. The van der Waals surface area contributed by atoms with Crippen molar-refractivity contribution in [2.45, 2.75) is 49.8 Å². The van der Waals surface area contributed by atoms with E-state index in [0.717, 1.165) is 13.0 Å². The van der Waals surface area contributed by atoms with Gasteiger partial charge in [0.15, 0.2) is 0 Å². The van der Waals surface area contributed by atoms with Crippen LogP contribution in [-0.2, 0) is 9.53 Å². The summed E-state index contributed by atoms with van der Waals surface area (Å²) >= 11 is 0. The zero-order chi connectivity index (χ0) is 12.6. The quantitative estimate of drug-likeness (QED) is 0.734. The van der Waals surface area contributed by atoms with Gasteiger partial charge in [-0.2, -0.15) is 0 Å². The van der Waals surface area contributed by atoms with Crippen molar-refractivity contribution >= 4 is 5.91 Å². The molecule has 18 heavy (non-hydrogen) atoms. The van der Waals surface area contributed by atoms with Gasteiger partial charge in [-0.1, -0.05) is 0 Å². The van der Waals surface area contributed by atoms with Crippen molar-refractivity contribution in [3.8, 4) is 0 Å². The van der Waals surface area contributed by atoms with Crippen LogP contribution in [-0.4, -0.2) is 59.9 Å². The summed E-state index contributed by atoms with van der Waals surface area (Å²) in [7, 11) is 0. The van der Waals surface area contributed by atoms with Gasteiger partial charge in [-0.25, -0.2) is 0 Å². The zero-order valence-electron chi connectivity index (χ0n) is 10.7. The highest BCUT2D eigenvalue weighted by Gasteiger charge is 2.40. The average molecular weight is 254 g/mol. The molecule has 0 aromatic heterocycles. The molecule has 1 atom stereocenters. The van der Waals surface area contributed by atoms with Crippen LogP contribution in [0.25, 0.3) is 0 Å². The molecule has 1 saturated carbocycles. The molecule has 2 heterocycles. The summed E-state index contributed by atoms with van der Waals surface area (Å²) in [4.78, 5) is 14.0. The van der Waals surface area contributed by atoms with Gasteiger partial charge in [-0.05, 0) is 19.3 Å². The summed E-state index contributed by atoms with van der Waals surface area (Å²) in [5.74, 6) is 0.168. The highest BCUT2D eigenvalue weighted by molar-refractivity contribution is 5.84. The largest absolute Gasteiger partial charge is 0.388 e. The van der Waals surface area contributed by atoms with E-state index in [1.54, 1.807) is 0 Å². The minimum Gasteiger partial charge on any atom is -0.388 e. The molecule has 3 aliphatic rings. The van der Waals surface area contributed by atoms with E-state index in [9.17, 15) is 9.90 Å². The van der Waals surface area contributed by atoms with Crippen molar-refractivity contribution in [2.24, 2.45) is 0 Å². The number of hydrogen-bond donors (Lipinski definition) is 2. The second kappa shape index (κ2) is 4.79. The van der Waals surface area contributed by atoms with Crippen LogP contribution < -0.4 is 5.32 Å². The van der Waals surface area contributed by atoms with Crippen molar-refractivity contribution in [3.63, 3.8) is 0 Å². The smallest absolute Gasteiger partial charge is 0.239 e. The summed E-state index contributed by atoms with van der Waals surface area (Å²) in [6, 6.07) is 0.547. The zero-order valence-corrected chi connectivity index (χ0v) is 10.7. The van der Waals surface area contributed by atoms with Crippen LogP contribution in [0.5, 0.6) is 0 Å². The molecular weight excluding hydrogens is 232 g/mol. The highest BCUT2D eigenvalue weighted by atomic mass is 16.5. The molecule has 0 aromatic carbocycles. The maximum Gasteiger partial charge on any atom is 0.239 e. The van der Waals surface area contributed by atoms with Crippen LogP contribution in [0.4, 0.5) is 0 Å². The van der Waals surface area contributed by atoms with Gasteiger partial charge in [0.05, 0.1) is 11.6 Å². The van der Waals surface area contributed by atoms with Gasteiger partial charge in [0, 0.05) is 45.2 Å². The Labute approximate surface area is 107 Å². The van der Waals surface area contributed by atoms with E-state index in [0.29, 0.717) is 38.6 Å². The van der Waals surface area contributed by atoms with Gasteiger partial charge >= 0.3 is 0 Å². The first-order chi connectivity index (χ1) is 8.66. The first-order valence-corrected chi connectivity index (χ1v) is 7.01. The second-order valence-electron chi connectivity index (χ2n) is 5.88. The average Bonchev–Trinajstić information content (AvgIpc) is 3.10. The van der Waals surface area contributed by atoms with Gasteiger partial charge in [0.2, 0.25) is 5.91 Å². The Morgan fingerprint density at radius 1 is 1.33 bits per heavy atom. The summed E-state index contributed by atoms with van der Waals surface area (Å²) in [6.45, 7) is 2.44. The third-order valence-electron chi connectivity index (χ3n) is 4.22. The van der Waals surface area contributed by atoms with E-state index in [2.05, 4.69) is 5.32 Å². The normalized spacial score (nSPS) is 31.9. The SMILES string of the molecule is O=C1C(NC2CC2)CCN1CC1(O)CCOCC1. The Kier molecular flexibility index (Phi) is 3.30. The highest BCUT2D eigenvalue weighted by Crippen LogP contribution is 2.26. The molecule has 0 radical (unpaired) electrons. The maximum absolute atomic E-state index is 12.2. The maximum atomic E-state index is 12.2. The van der Waals surface area contributed by atoms with Crippen molar-refractivity contribution in [1.82, 2.24) is 10.2 Å². The number of amides is 1. The predicted molar refractivity (Wildman–Crippen MR) is 66.1 cm³/mol. The van der Waals surface area contributed by atoms with E-state index in [-0.39, 0.29) is 11.9 Å². The molecule has 102 valence electrons. The summed E-state index contributed by atoms with van der Waals surface area (Å²) in [5, 5.41) is 13.8. The molecule has 3 rings (SSSR count). The first-order valence-electron chi connectivity index (χ1n) is 7.01. The van der Waals surface area contributed by atoms with E-state index >= 15 is 0 Å². The molecule has 5 nitrogen and oxygen atoms in total. The molecule has 0 bridgehead atoms. The van der Waals surface area contributed by atoms with Crippen LogP contribution in [0.15, 0.2) is 0 Å². The van der Waals surface area contributed by atoms with Crippen LogP contribution in [0, 0.1) is 0 Å². The number of nitrogens with one attached hydrogen (secondary N) is 1. The van der Waals surface area contributed by atoms with Crippen molar-refractivity contribution in [3.05, 3.63) is 0 Å². The Bertz CT molecular complexity index is 324. The van der Waals surface area contributed by atoms with Crippen molar-refractivity contribution in [2.75, 3.05) is 26.3 Å². The van der Waals surface area contributed by atoms with Crippen LogP contribution >= 0.6 is 0 Å². The van der Waals surface area contributed by atoms with Gasteiger partial charge < -0.3 is 20.1 Å². The lowest BCUT2D eigenvalue weighted by Crippen LogP contribution is -2.49. The fraction of sp³-hybridized carbons (Fsp3) is 0.923. The van der Waals surface area contributed by atoms with Crippen LogP contribution in [0.2, 0.25) is 0 Å². The fourth-order valence-corrected chi connectivity index (χ4v) is 2.85. The van der Waals surface area contributed by atoms with E-state index in [1.165, 1.54) is 12.8 Å². The van der Waals surface area contributed by atoms with Crippen molar-refractivity contribution < 1.29 is 14.6 Å². The number of aliphatic hydroxyl groups is 1. The molecule has 0 aromatic rings. The topological polar surface area (TPSA) is 61.8 Å². The molecule has 2 saturated heterocycles. The number of likely N-dealkylation sites (tertiary alicyclic amines) is 1. The Morgan fingerprint density at radius 2 is 2.06 bits per heavy atom. The monoisotopic (exact) mass is 254 g/mol. The number of hydrogen-bond acceptors (Lipinski definition) is 4. The molecule has 1 aliphatic carbocycles. The minimum atomic E-state index is -0.734. The lowest BCUT2D eigenvalue weighted by atomic mass is 9.94. The van der Waals surface area contributed by atoms with Crippen LogP contribution in [0.3, 0.4) is 0 Å². The molecule has 1 amide bonds. The van der Waals surface area contributed by atoms with E-state index < -0.39 is 5.60 Å². The third kappa shape index (κ3) is 2.68. The van der Waals surface area contributed by atoms with Gasteiger partial charge in [0.25, 0.3) is 0 Å². The van der Waals surface area contributed by atoms with Crippen molar-refractivity contribution in [1.29, 1.82) is 0 Å². The first kappa shape index (κ1) is 12.4. The summed E-state index contributed by atoms with van der Waals surface area (Å²) in [5.41, 5.74) is -0.734. The molecular formula is C13H22N2O3. The summed E-state index contributed by atoms with van der Waals surface area (Å²) in [6.07, 6.45) is 4.55. The number of carbonyl (C=O) groups excluding carboxylic acids is 1. The van der Waals surface area contributed by atoms with Gasteiger partial charge in [0.1, 0.15) is 0 Å². The van der Waals surface area contributed by atoms with Crippen LogP contribution in [0.1, 0.15) is 32.1 Å².